The molecular formula is C50H88N14O10. The molecule has 24 heteroatoms. The lowest BCUT2D eigenvalue weighted by Crippen LogP contribution is -2.62. The number of aliphatic hydroxyl groups is 1. The van der Waals surface area contributed by atoms with E-state index in [2.05, 4.69) is 54.9 Å². The number of carbonyl (C=O) groups excluding carboxylic acids is 9. The smallest absolute Gasteiger partial charge is 0.336 e. The maximum absolute atomic E-state index is 14.4. The minimum atomic E-state index is -1.47. The molecule has 24 nitrogen and oxygen atoms in total. The summed E-state index contributed by atoms with van der Waals surface area (Å²) in [6, 6.07) is -1.43. The summed E-state index contributed by atoms with van der Waals surface area (Å²) in [4.78, 5) is 126. The fourth-order valence-electron chi connectivity index (χ4n) is 8.13. The zero-order valence-electron chi connectivity index (χ0n) is 44.2. The van der Waals surface area contributed by atoms with Crippen molar-refractivity contribution < 1.29 is 48.3 Å². The Kier molecular flexibility index (Phi) is 30.6. The van der Waals surface area contributed by atoms with Gasteiger partial charge in [0.25, 0.3) is 5.91 Å². The number of nitrogens with one attached hydrogen (secondary N) is 9. The number of amides is 10. The van der Waals surface area contributed by atoms with Crippen LogP contribution in [-0.4, -0.2) is 151 Å². The van der Waals surface area contributed by atoms with Gasteiger partial charge in [-0.05, 0) is 88.5 Å². The van der Waals surface area contributed by atoms with E-state index in [0.29, 0.717) is 12.0 Å². The first kappa shape index (κ1) is 64.2. The van der Waals surface area contributed by atoms with Crippen molar-refractivity contribution in [2.75, 3.05) is 39.3 Å². The van der Waals surface area contributed by atoms with E-state index in [9.17, 15) is 48.3 Å². The second-order valence-electron chi connectivity index (χ2n) is 19.7. The van der Waals surface area contributed by atoms with E-state index in [4.69, 9.17) is 22.9 Å². The van der Waals surface area contributed by atoms with Gasteiger partial charge in [0.05, 0.1) is 12.5 Å². The Morgan fingerprint density at radius 1 is 0.662 bits per heavy atom. The minimum absolute atomic E-state index is 0.0469. The van der Waals surface area contributed by atoms with Crippen LogP contribution in [0.5, 0.6) is 0 Å². The monoisotopic (exact) mass is 1040 g/mol. The molecule has 18 N–H and O–H groups in total. The average Bonchev–Trinajstić information content (AvgIpc) is 3.34. The molecule has 0 spiro atoms. The minimum Gasteiger partial charge on any atom is -0.393 e. The summed E-state index contributed by atoms with van der Waals surface area (Å²) in [7, 11) is 0. The first-order valence-electron chi connectivity index (χ1n) is 26.3. The molecule has 1 saturated heterocycles. The Morgan fingerprint density at radius 2 is 1.22 bits per heavy atom. The van der Waals surface area contributed by atoms with Crippen molar-refractivity contribution in [1.82, 2.24) is 53.0 Å². The molecule has 1 aliphatic heterocycles. The summed E-state index contributed by atoms with van der Waals surface area (Å²) in [6.07, 6.45) is 3.38. The van der Waals surface area contributed by atoms with Crippen LogP contribution in [0.1, 0.15) is 124 Å². The molecule has 1 aromatic rings. The van der Waals surface area contributed by atoms with Crippen molar-refractivity contribution >= 4 is 53.3 Å². The highest BCUT2D eigenvalue weighted by molar-refractivity contribution is 5.97. The SMILES string of the molecule is CCCCCCC[C@@H](O)CC(=O)N[C@H](CCN)C(=O)N[C@H]1CCNC(=O)[C@H](CC(C)C)NC(=O)[C@H](CCN)NC(=O)[C@H](CCN)NC(=O)N(CC(C)C)NC(=O)[C@@H](Cc2ccccc2)NC(=O)[C@H](CCN)NC1=O. The molecule has 1 aliphatic rings. The van der Waals surface area contributed by atoms with E-state index >= 15 is 0 Å². The topological polar surface area (TPSA) is 389 Å². The van der Waals surface area contributed by atoms with Gasteiger partial charge in [-0.2, -0.15) is 0 Å². The first-order chi connectivity index (χ1) is 35.3. The Balaban J connectivity index is 2.68. The van der Waals surface area contributed by atoms with Gasteiger partial charge in [0.1, 0.15) is 42.3 Å². The second kappa shape index (κ2) is 35.3. The second-order valence-corrected chi connectivity index (χ2v) is 19.7. The summed E-state index contributed by atoms with van der Waals surface area (Å²) < 4.78 is 0. The maximum atomic E-state index is 14.4. The summed E-state index contributed by atoms with van der Waals surface area (Å²) in [5.74, 6) is -6.56. The number of hydrazine groups is 1. The van der Waals surface area contributed by atoms with Crippen LogP contribution < -0.4 is 70.9 Å². The number of hydrogen-bond donors (Lipinski definition) is 14. The normalized spacial score (nSPS) is 22.1. The summed E-state index contributed by atoms with van der Waals surface area (Å²) in [6.45, 7) is 8.71. The molecule has 0 aliphatic carbocycles. The Labute approximate surface area is 436 Å². The Morgan fingerprint density at radius 3 is 1.77 bits per heavy atom. The highest BCUT2D eigenvalue weighted by Gasteiger charge is 2.35. The molecule has 0 aromatic heterocycles. The molecule has 1 fully saturated rings. The maximum Gasteiger partial charge on any atom is 0.336 e. The van der Waals surface area contributed by atoms with Crippen LogP contribution >= 0.6 is 0 Å². The molecule has 0 bridgehead atoms. The molecular weight excluding hydrogens is 957 g/mol. The van der Waals surface area contributed by atoms with Crippen molar-refractivity contribution in [3.05, 3.63) is 35.9 Å². The molecule has 8 atom stereocenters. The lowest BCUT2D eigenvalue weighted by Gasteiger charge is -2.30. The predicted octanol–water partition coefficient (Wildman–Crippen LogP) is -1.72. The van der Waals surface area contributed by atoms with Gasteiger partial charge < -0.3 is 70.6 Å². The molecule has 10 amide bonds. The zero-order valence-corrected chi connectivity index (χ0v) is 44.2. The van der Waals surface area contributed by atoms with Crippen LogP contribution in [-0.2, 0) is 44.8 Å². The first-order valence-corrected chi connectivity index (χ1v) is 26.3. The molecule has 418 valence electrons. The third-order valence-electron chi connectivity index (χ3n) is 12.1. The summed E-state index contributed by atoms with van der Waals surface area (Å²) in [5.41, 5.74) is 26.8. The van der Waals surface area contributed by atoms with E-state index in [1.54, 1.807) is 44.2 Å². The third kappa shape index (κ3) is 24.4. The molecule has 0 unspecified atom stereocenters. The third-order valence-corrected chi connectivity index (χ3v) is 12.1. The van der Waals surface area contributed by atoms with Crippen molar-refractivity contribution in [3.8, 4) is 0 Å². The molecule has 0 saturated carbocycles. The number of urea groups is 1. The molecule has 74 heavy (non-hydrogen) atoms. The van der Waals surface area contributed by atoms with Crippen LogP contribution in [0.2, 0.25) is 0 Å². The summed E-state index contributed by atoms with van der Waals surface area (Å²) >= 11 is 0. The van der Waals surface area contributed by atoms with Gasteiger partial charge in [-0.1, -0.05) is 97.1 Å². The van der Waals surface area contributed by atoms with Crippen LogP contribution in [0.3, 0.4) is 0 Å². The fraction of sp³-hybridized carbons (Fsp3) is 0.700. The predicted molar refractivity (Wildman–Crippen MR) is 280 cm³/mol. The highest BCUT2D eigenvalue weighted by Crippen LogP contribution is 2.12. The number of unbranched alkanes of at least 4 members (excludes halogenated alkanes) is 4. The van der Waals surface area contributed by atoms with Crippen LogP contribution in [0.15, 0.2) is 30.3 Å². The van der Waals surface area contributed by atoms with Crippen LogP contribution in [0, 0.1) is 11.8 Å². The largest absolute Gasteiger partial charge is 0.393 e. The Hall–Kier alpha value is -5.95. The molecule has 1 heterocycles. The van der Waals surface area contributed by atoms with E-state index in [0.717, 1.165) is 37.1 Å². The number of nitrogens with zero attached hydrogens (tertiary/aromatic N) is 1. The fourth-order valence-corrected chi connectivity index (χ4v) is 8.13. The van der Waals surface area contributed by atoms with Crippen molar-refractivity contribution in [2.24, 2.45) is 34.8 Å². The van der Waals surface area contributed by atoms with Gasteiger partial charge in [0.15, 0.2) is 0 Å². The van der Waals surface area contributed by atoms with Crippen LogP contribution in [0.25, 0.3) is 0 Å². The van der Waals surface area contributed by atoms with Gasteiger partial charge in [0.2, 0.25) is 41.4 Å². The number of benzene rings is 1. The lowest BCUT2D eigenvalue weighted by molar-refractivity contribution is -0.135. The Bertz CT molecular complexity index is 1930. The van der Waals surface area contributed by atoms with E-state index < -0.39 is 102 Å². The number of hydrogen-bond acceptors (Lipinski definition) is 14. The standard InChI is InChI=1S/C50H88N14O10/c1-6-7-8-9-13-16-34(65)29-42(66)56-35(17-22-51)44(68)59-39-21-26-55-43(67)40(27-31(2)3)60-45(69)36(18-23-52)57-47(71)38(20-25-54)62-50(74)64(30-32(4)5)63-49(73)41(28-33-14-11-10-12-15-33)61-46(70)37(19-24-53)58-48(39)72/h10-12,14-15,31-32,34-41,65H,6-9,13,16-30,51-54H2,1-5H3,(H,55,67)(H,56,66)(H,57,71)(H,58,72)(H,59,68)(H,60,69)(H,61,70)(H,62,74)(H,63,73)/t34-,35-,36+,37+,38+,39+,40+,41-/m1/s1. The number of aliphatic hydroxyl groups excluding tert-OH is 1. The number of rotatable bonds is 25. The van der Waals surface area contributed by atoms with Gasteiger partial charge >= 0.3 is 6.03 Å². The van der Waals surface area contributed by atoms with E-state index in [-0.39, 0.29) is 102 Å². The average molecular weight is 1050 g/mol. The van der Waals surface area contributed by atoms with E-state index in [1.165, 1.54) is 0 Å². The van der Waals surface area contributed by atoms with Crippen molar-refractivity contribution in [1.29, 1.82) is 0 Å². The van der Waals surface area contributed by atoms with Gasteiger partial charge in [-0.3, -0.25) is 43.8 Å². The number of carbonyl (C=O) groups is 9. The molecule has 1 aromatic carbocycles. The molecule has 2 rings (SSSR count). The van der Waals surface area contributed by atoms with Crippen molar-refractivity contribution in [2.45, 2.75) is 173 Å². The van der Waals surface area contributed by atoms with Crippen LogP contribution in [0.4, 0.5) is 4.79 Å². The van der Waals surface area contributed by atoms with Crippen molar-refractivity contribution in [3.63, 3.8) is 0 Å². The highest BCUT2D eigenvalue weighted by atomic mass is 16.3. The van der Waals surface area contributed by atoms with Gasteiger partial charge in [-0.15, -0.1) is 0 Å². The summed E-state index contributed by atoms with van der Waals surface area (Å²) in [5, 5.41) is 32.8. The number of nitrogens with two attached hydrogens (primary N) is 4. The molecule has 0 radical (unpaired) electrons. The van der Waals surface area contributed by atoms with Gasteiger partial charge in [0, 0.05) is 19.5 Å². The van der Waals surface area contributed by atoms with E-state index in [1.807, 2.05) is 13.8 Å². The zero-order chi connectivity index (χ0) is 55.2. The van der Waals surface area contributed by atoms with Gasteiger partial charge in [-0.25, -0.2) is 9.80 Å². The lowest BCUT2D eigenvalue weighted by atomic mass is 10.0. The quantitative estimate of drug-likeness (QED) is 0.0485.